The Morgan fingerprint density at radius 3 is 2.64 bits per heavy atom. The molecule has 1 unspecified atom stereocenters. The number of piperazine rings is 1. The average Bonchev–Trinajstić information content (AvgIpc) is 3.23. The van der Waals surface area contributed by atoms with E-state index in [1.165, 1.54) is 0 Å². The van der Waals surface area contributed by atoms with Crippen LogP contribution < -0.4 is 4.74 Å². The molecule has 33 heavy (non-hydrogen) atoms. The number of amides is 2. The Kier molecular flexibility index (Phi) is 5.39. The van der Waals surface area contributed by atoms with Gasteiger partial charge in [0, 0.05) is 35.5 Å². The predicted molar refractivity (Wildman–Crippen MR) is 128 cm³/mol. The van der Waals surface area contributed by atoms with Gasteiger partial charge in [0.1, 0.15) is 5.75 Å². The molecule has 3 aromatic rings. The number of para-hydroxylation sites is 2. The largest absolute Gasteiger partial charge is 0.496 e. The Bertz CT molecular complexity index is 1220. The molecular weight excluding hydrogens is 414 g/mol. The second-order valence-corrected chi connectivity index (χ2v) is 9.26. The van der Waals surface area contributed by atoms with E-state index < -0.39 is 5.54 Å². The first-order valence-corrected chi connectivity index (χ1v) is 11.8. The average molecular weight is 446 g/mol. The minimum Gasteiger partial charge on any atom is -0.496 e. The zero-order valence-electron chi connectivity index (χ0n) is 19.6. The first-order chi connectivity index (χ1) is 16.0. The van der Waals surface area contributed by atoms with Crippen LogP contribution in [0, 0.1) is 0 Å². The van der Waals surface area contributed by atoms with Crippen molar-refractivity contribution in [2.45, 2.75) is 44.6 Å². The van der Waals surface area contributed by atoms with Gasteiger partial charge in [0.15, 0.2) is 5.54 Å². The van der Waals surface area contributed by atoms with E-state index in [-0.39, 0.29) is 24.3 Å². The highest BCUT2D eigenvalue weighted by molar-refractivity contribution is 6.01. The highest BCUT2D eigenvalue weighted by Crippen LogP contribution is 2.49. The molecular formula is C27H31N3O3. The van der Waals surface area contributed by atoms with E-state index in [0.717, 1.165) is 52.7 Å². The van der Waals surface area contributed by atoms with Crippen LogP contribution in [0.5, 0.6) is 5.75 Å². The molecule has 2 amide bonds. The highest BCUT2D eigenvalue weighted by atomic mass is 16.5. The van der Waals surface area contributed by atoms with E-state index in [1.54, 1.807) is 16.9 Å². The lowest BCUT2D eigenvalue weighted by Crippen LogP contribution is -2.67. The molecule has 2 atom stereocenters. The van der Waals surface area contributed by atoms with Crippen LogP contribution in [0.1, 0.15) is 55.8 Å². The maximum atomic E-state index is 13.9. The molecule has 0 aliphatic carbocycles. The minimum absolute atomic E-state index is 0.00203. The van der Waals surface area contributed by atoms with E-state index in [2.05, 4.69) is 24.0 Å². The summed E-state index contributed by atoms with van der Waals surface area (Å²) in [6.07, 6.45) is 3.03. The van der Waals surface area contributed by atoms with Gasteiger partial charge in [-0.25, -0.2) is 0 Å². The van der Waals surface area contributed by atoms with Gasteiger partial charge in [-0.2, -0.15) is 0 Å². The molecule has 1 fully saturated rings. The van der Waals surface area contributed by atoms with Gasteiger partial charge in [0.25, 0.3) is 5.91 Å². The van der Waals surface area contributed by atoms with Crippen LogP contribution in [0.15, 0.2) is 48.5 Å². The summed E-state index contributed by atoms with van der Waals surface area (Å²) in [5, 5.41) is 1.09. The Morgan fingerprint density at radius 1 is 1.09 bits per heavy atom. The molecule has 2 aliphatic heterocycles. The number of H-pyrrole nitrogens is 1. The normalized spacial score (nSPS) is 22.5. The van der Waals surface area contributed by atoms with Crippen LogP contribution in [0.3, 0.4) is 0 Å². The molecule has 0 saturated carbocycles. The Labute approximate surface area is 194 Å². The van der Waals surface area contributed by atoms with Crippen LogP contribution in [0.4, 0.5) is 0 Å². The number of benzene rings is 2. The lowest BCUT2D eigenvalue weighted by atomic mass is 9.76. The first kappa shape index (κ1) is 21.6. The summed E-state index contributed by atoms with van der Waals surface area (Å²) in [7, 11) is 1.67. The summed E-state index contributed by atoms with van der Waals surface area (Å²) >= 11 is 0. The van der Waals surface area contributed by atoms with Crippen molar-refractivity contribution < 1.29 is 14.3 Å². The van der Waals surface area contributed by atoms with Gasteiger partial charge in [0.2, 0.25) is 5.91 Å². The minimum atomic E-state index is -1.05. The number of carbonyl (C=O) groups excluding carboxylic acids is 2. The Hall–Kier alpha value is -3.28. The Balaban J connectivity index is 1.69. The number of ether oxygens (including phenoxy) is 1. The van der Waals surface area contributed by atoms with Gasteiger partial charge in [0.05, 0.1) is 19.3 Å². The molecule has 0 spiro atoms. The number of unbranched alkanes of at least 4 members (excludes halogenated alkanes) is 2. The number of hydrogen-bond acceptors (Lipinski definition) is 3. The van der Waals surface area contributed by atoms with Gasteiger partial charge in [-0.1, -0.05) is 56.2 Å². The first-order valence-electron chi connectivity index (χ1n) is 11.8. The summed E-state index contributed by atoms with van der Waals surface area (Å²) in [5.41, 5.74) is 2.87. The monoisotopic (exact) mass is 445 g/mol. The topological polar surface area (TPSA) is 65.6 Å². The standard InChI is InChI=1S/C27H31N3O3/c1-4-5-10-15-29-17-23(31)30-16-20(18-11-7-9-14-22(18)33-3)24-19-12-6-8-13-21(19)28-25(24)27(30,2)26(29)32/h6-9,11-14,20,28H,4-5,10,15-17H2,1-3H3/t20?,27-/m0/s1. The van der Waals surface area contributed by atoms with E-state index in [4.69, 9.17) is 4.74 Å². The van der Waals surface area contributed by atoms with Crippen molar-refractivity contribution in [1.82, 2.24) is 14.8 Å². The van der Waals surface area contributed by atoms with Crippen molar-refractivity contribution in [3.63, 3.8) is 0 Å². The maximum Gasteiger partial charge on any atom is 0.254 e. The molecule has 1 aromatic heterocycles. The smallest absolute Gasteiger partial charge is 0.254 e. The lowest BCUT2D eigenvalue weighted by molar-refractivity contribution is -0.166. The van der Waals surface area contributed by atoms with Gasteiger partial charge in [-0.3, -0.25) is 9.59 Å². The Morgan fingerprint density at radius 2 is 1.85 bits per heavy atom. The van der Waals surface area contributed by atoms with E-state index in [9.17, 15) is 9.59 Å². The molecule has 172 valence electrons. The number of aromatic amines is 1. The molecule has 1 N–H and O–H groups in total. The number of nitrogens with one attached hydrogen (secondary N) is 1. The molecule has 6 nitrogen and oxygen atoms in total. The van der Waals surface area contributed by atoms with Crippen molar-refractivity contribution in [3.05, 3.63) is 65.4 Å². The second kappa shape index (κ2) is 8.25. The van der Waals surface area contributed by atoms with Gasteiger partial charge >= 0.3 is 0 Å². The number of methoxy groups -OCH3 is 1. The van der Waals surface area contributed by atoms with Crippen molar-refractivity contribution in [1.29, 1.82) is 0 Å². The number of carbonyl (C=O) groups is 2. The fraction of sp³-hybridized carbons (Fsp3) is 0.407. The quantitative estimate of drug-likeness (QED) is 0.572. The van der Waals surface area contributed by atoms with Crippen LogP contribution >= 0.6 is 0 Å². The summed E-state index contributed by atoms with van der Waals surface area (Å²) < 4.78 is 5.69. The van der Waals surface area contributed by atoms with Gasteiger partial charge in [-0.15, -0.1) is 0 Å². The highest BCUT2D eigenvalue weighted by Gasteiger charge is 2.56. The fourth-order valence-corrected chi connectivity index (χ4v) is 5.64. The van der Waals surface area contributed by atoms with Crippen LogP contribution in [-0.4, -0.2) is 53.3 Å². The van der Waals surface area contributed by atoms with Gasteiger partial charge < -0.3 is 19.5 Å². The molecule has 5 rings (SSSR count). The molecule has 0 radical (unpaired) electrons. The number of hydrogen-bond donors (Lipinski definition) is 1. The summed E-state index contributed by atoms with van der Waals surface area (Å²) in [4.78, 5) is 34.5. The number of aromatic nitrogens is 1. The zero-order valence-corrected chi connectivity index (χ0v) is 19.6. The van der Waals surface area contributed by atoms with Crippen LogP contribution in [-0.2, 0) is 15.1 Å². The van der Waals surface area contributed by atoms with Crippen LogP contribution in [0.25, 0.3) is 10.9 Å². The summed E-state index contributed by atoms with van der Waals surface area (Å²) in [6.45, 7) is 5.26. The van der Waals surface area contributed by atoms with E-state index >= 15 is 0 Å². The molecule has 1 saturated heterocycles. The van der Waals surface area contributed by atoms with Crippen molar-refractivity contribution >= 4 is 22.7 Å². The van der Waals surface area contributed by atoms with Crippen molar-refractivity contribution in [2.75, 3.05) is 26.7 Å². The zero-order chi connectivity index (χ0) is 23.2. The van der Waals surface area contributed by atoms with Gasteiger partial charge in [-0.05, 0) is 31.0 Å². The van der Waals surface area contributed by atoms with Crippen molar-refractivity contribution in [2.24, 2.45) is 0 Å². The molecule has 2 aromatic carbocycles. The second-order valence-electron chi connectivity index (χ2n) is 9.26. The lowest BCUT2D eigenvalue weighted by Gasteiger charge is -2.51. The van der Waals surface area contributed by atoms with E-state index in [0.29, 0.717) is 13.1 Å². The fourth-order valence-electron chi connectivity index (χ4n) is 5.64. The summed E-state index contributed by atoms with van der Waals surface area (Å²) in [5.74, 6) is 0.699. The summed E-state index contributed by atoms with van der Waals surface area (Å²) in [6, 6.07) is 16.1. The van der Waals surface area contributed by atoms with E-state index in [1.807, 2.05) is 43.3 Å². The van der Waals surface area contributed by atoms with Crippen LogP contribution in [0.2, 0.25) is 0 Å². The third-order valence-electron chi connectivity index (χ3n) is 7.36. The molecule has 6 heteroatoms. The molecule has 0 bridgehead atoms. The predicted octanol–water partition coefficient (Wildman–Crippen LogP) is 4.40. The number of fused-ring (bicyclic) bond motifs is 5. The third kappa shape index (κ3) is 3.23. The number of nitrogens with zero attached hydrogens (tertiary/aromatic N) is 2. The molecule has 2 aliphatic rings. The molecule has 3 heterocycles. The SMILES string of the molecule is CCCCCN1CC(=O)N2CC(c3ccccc3OC)c3c([nH]c4ccccc34)[C@@]2(C)C1=O. The third-order valence-corrected chi connectivity index (χ3v) is 7.36. The number of rotatable bonds is 6. The van der Waals surface area contributed by atoms with Crippen molar-refractivity contribution in [3.8, 4) is 5.75 Å². The maximum absolute atomic E-state index is 13.9.